The topological polar surface area (TPSA) is 69.6 Å². The van der Waals surface area contributed by atoms with Crippen molar-refractivity contribution in [3.8, 4) is 0 Å². The molecule has 1 unspecified atom stereocenters. The number of aliphatic hydroxyl groups is 1. The molecule has 0 radical (unpaired) electrons. The molecule has 102 valence electrons. The first-order valence-corrected chi connectivity index (χ1v) is 7.62. The number of nitrogens with one attached hydrogen (secondary N) is 1. The van der Waals surface area contributed by atoms with Gasteiger partial charge in [0, 0.05) is 24.7 Å². The molecule has 0 aromatic heterocycles. The van der Waals surface area contributed by atoms with Gasteiger partial charge in [0.25, 0.3) is 10.2 Å². The molecule has 0 aromatic carbocycles. The van der Waals surface area contributed by atoms with E-state index in [0.29, 0.717) is 13.0 Å². The van der Waals surface area contributed by atoms with E-state index in [1.165, 1.54) is 0 Å². The van der Waals surface area contributed by atoms with E-state index in [-0.39, 0.29) is 12.6 Å². The van der Waals surface area contributed by atoms with E-state index in [4.69, 9.17) is 5.11 Å². The number of rotatable bonds is 5. The standard InChI is InChI=1S/C11H24N2O3S/c1-11(2,3)12-17(15,16)13-8-4-6-10(13)7-5-9-14/h10,12,14H,4-9H2,1-3H3. The minimum absolute atomic E-state index is 0.0435. The van der Waals surface area contributed by atoms with Crippen molar-refractivity contribution in [1.82, 2.24) is 9.03 Å². The molecule has 5 nitrogen and oxygen atoms in total. The van der Waals surface area contributed by atoms with E-state index in [1.54, 1.807) is 4.31 Å². The molecule has 1 aliphatic heterocycles. The lowest BCUT2D eigenvalue weighted by Gasteiger charge is -2.29. The molecule has 0 saturated carbocycles. The first-order chi connectivity index (χ1) is 7.76. The van der Waals surface area contributed by atoms with Crippen LogP contribution in [0.3, 0.4) is 0 Å². The van der Waals surface area contributed by atoms with Crippen LogP contribution >= 0.6 is 0 Å². The Hall–Kier alpha value is -0.170. The normalized spacial score (nSPS) is 23.2. The Morgan fingerprint density at radius 2 is 2.06 bits per heavy atom. The third-order valence-electron chi connectivity index (χ3n) is 2.76. The predicted octanol–water partition coefficient (Wildman–Crippen LogP) is 0.856. The molecule has 0 amide bonds. The Kier molecular flexibility index (Phi) is 4.95. The van der Waals surface area contributed by atoms with Crippen LogP contribution in [0.2, 0.25) is 0 Å². The highest BCUT2D eigenvalue weighted by molar-refractivity contribution is 7.87. The summed E-state index contributed by atoms with van der Waals surface area (Å²) in [6.07, 6.45) is 3.19. The van der Waals surface area contributed by atoms with Gasteiger partial charge in [0.05, 0.1) is 0 Å². The first-order valence-electron chi connectivity index (χ1n) is 6.18. The van der Waals surface area contributed by atoms with E-state index in [1.807, 2.05) is 20.8 Å². The zero-order valence-corrected chi connectivity index (χ0v) is 11.8. The summed E-state index contributed by atoms with van der Waals surface area (Å²) in [5.74, 6) is 0. The SMILES string of the molecule is CC(C)(C)NS(=O)(=O)N1CCCC1CCCO. The first kappa shape index (κ1) is 14.9. The highest BCUT2D eigenvalue weighted by Gasteiger charge is 2.35. The van der Waals surface area contributed by atoms with Gasteiger partial charge in [0.1, 0.15) is 0 Å². The minimum atomic E-state index is -3.40. The molecule has 1 aliphatic rings. The Morgan fingerprint density at radius 3 is 2.59 bits per heavy atom. The number of hydrogen-bond donors (Lipinski definition) is 2. The van der Waals surface area contributed by atoms with Crippen molar-refractivity contribution in [3.05, 3.63) is 0 Å². The fourth-order valence-corrected chi connectivity index (χ4v) is 4.05. The average molecular weight is 264 g/mol. The van der Waals surface area contributed by atoms with Gasteiger partial charge >= 0.3 is 0 Å². The van der Waals surface area contributed by atoms with Crippen LogP contribution in [0.4, 0.5) is 0 Å². The van der Waals surface area contributed by atoms with Crippen LogP contribution in [-0.2, 0) is 10.2 Å². The van der Waals surface area contributed by atoms with Gasteiger partial charge in [-0.25, -0.2) is 0 Å². The van der Waals surface area contributed by atoms with Crippen molar-refractivity contribution in [3.63, 3.8) is 0 Å². The van der Waals surface area contributed by atoms with E-state index < -0.39 is 15.7 Å². The largest absolute Gasteiger partial charge is 0.396 e. The molecule has 0 spiro atoms. The second kappa shape index (κ2) is 5.65. The maximum Gasteiger partial charge on any atom is 0.280 e. The Labute approximate surface area is 104 Å². The number of hydrogen-bond acceptors (Lipinski definition) is 3. The molecule has 1 atom stereocenters. The summed E-state index contributed by atoms with van der Waals surface area (Å²) in [5.41, 5.74) is -0.455. The lowest BCUT2D eigenvalue weighted by molar-refractivity contribution is 0.262. The molecular weight excluding hydrogens is 240 g/mol. The molecule has 6 heteroatoms. The van der Waals surface area contributed by atoms with Crippen molar-refractivity contribution >= 4 is 10.2 Å². The van der Waals surface area contributed by atoms with Gasteiger partial charge in [0.2, 0.25) is 0 Å². The summed E-state index contributed by atoms with van der Waals surface area (Å²) in [6, 6.07) is 0.0435. The summed E-state index contributed by atoms with van der Waals surface area (Å²) >= 11 is 0. The van der Waals surface area contributed by atoms with Crippen molar-refractivity contribution in [2.75, 3.05) is 13.2 Å². The Balaban J connectivity index is 2.69. The molecule has 2 N–H and O–H groups in total. The molecule has 0 bridgehead atoms. The molecule has 1 saturated heterocycles. The fourth-order valence-electron chi connectivity index (χ4n) is 2.19. The van der Waals surface area contributed by atoms with Crippen LogP contribution in [0.15, 0.2) is 0 Å². The third kappa shape index (κ3) is 4.54. The van der Waals surface area contributed by atoms with Crippen LogP contribution in [0, 0.1) is 0 Å². The molecule has 17 heavy (non-hydrogen) atoms. The maximum atomic E-state index is 12.2. The lowest BCUT2D eigenvalue weighted by Crippen LogP contribution is -2.50. The smallest absolute Gasteiger partial charge is 0.280 e. The zero-order chi connectivity index (χ0) is 13.1. The molecule has 0 aromatic rings. The maximum absolute atomic E-state index is 12.2. The molecule has 1 rings (SSSR count). The van der Waals surface area contributed by atoms with Crippen LogP contribution in [0.1, 0.15) is 46.5 Å². The highest BCUT2D eigenvalue weighted by atomic mass is 32.2. The monoisotopic (exact) mass is 264 g/mol. The van der Waals surface area contributed by atoms with Crippen LogP contribution in [0.25, 0.3) is 0 Å². The van der Waals surface area contributed by atoms with Gasteiger partial charge in [-0.1, -0.05) is 0 Å². The van der Waals surface area contributed by atoms with Crippen LogP contribution in [0.5, 0.6) is 0 Å². The van der Waals surface area contributed by atoms with Crippen LogP contribution in [-0.4, -0.2) is 42.6 Å². The second-order valence-electron chi connectivity index (χ2n) is 5.63. The summed E-state index contributed by atoms with van der Waals surface area (Å²) < 4.78 is 28.6. The van der Waals surface area contributed by atoms with Crippen molar-refractivity contribution in [1.29, 1.82) is 0 Å². The molecular formula is C11H24N2O3S. The van der Waals surface area contributed by atoms with Crippen molar-refractivity contribution < 1.29 is 13.5 Å². The van der Waals surface area contributed by atoms with E-state index >= 15 is 0 Å². The Bertz CT molecular complexity index is 335. The van der Waals surface area contributed by atoms with Gasteiger partial charge in [-0.15, -0.1) is 0 Å². The quantitative estimate of drug-likeness (QED) is 0.773. The van der Waals surface area contributed by atoms with E-state index in [0.717, 1.165) is 19.3 Å². The summed E-state index contributed by atoms with van der Waals surface area (Å²) in [4.78, 5) is 0. The van der Waals surface area contributed by atoms with Gasteiger partial charge in [-0.3, -0.25) is 0 Å². The number of nitrogens with zero attached hydrogens (tertiary/aromatic N) is 1. The van der Waals surface area contributed by atoms with Gasteiger partial charge in [-0.05, 0) is 46.5 Å². The van der Waals surface area contributed by atoms with Crippen LogP contribution < -0.4 is 4.72 Å². The fraction of sp³-hybridized carbons (Fsp3) is 1.00. The number of aliphatic hydroxyl groups excluding tert-OH is 1. The summed E-state index contributed by atoms with van der Waals surface area (Å²) in [6.45, 7) is 6.22. The molecule has 0 aliphatic carbocycles. The average Bonchev–Trinajstić information content (AvgIpc) is 2.59. The predicted molar refractivity (Wildman–Crippen MR) is 67.9 cm³/mol. The minimum Gasteiger partial charge on any atom is -0.396 e. The lowest BCUT2D eigenvalue weighted by atomic mass is 10.1. The Morgan fingerprint density at radius 1 is 1.41 bits per heavy atom. The highest BCUT2D eigenvalue weighted by Crippen LogP contribution is 2.24. The van der Waals surface area contributed by atoms with E-state index in [9.17, 15) is 8.42 Å². The van der Waals surface area contributed by atoms with Crippen molar-refractivity contribution in [2.24, 2.45) is 0 Å². The second-order valence-corrected chi connectivity index (χ2v) is 7.25. The molecule has 1 fully saturated rings. The molecule has 1 heterocycles. The van der Waals surface area contributed by atoms with Gasteiger partial charge < -0.3 is 5.11 Å². The summed E-state index contributed by atoms with van der Waals surface area (Å²) in [7, 11) is -3.40. The summed E-state index contributed by atoms with van der Waals surface area (Å²) in [5, 5.41) is 8.82. The van der Waals surface area contributed by atoms with Crippen molar-refractivity contribution in [2.45, 2.75) is 58.0 Å². The third-order valence-corrected chi connectivity index (χ3v) is 4.73. The van der Waals surface area contributed by atoms with Gasteiger partial charge in [0.15, 0.2) is 0 Å². The van der Waals surface area contributed by atoms with Gasteiger partial charge in [-0.2, -0.15) is 17.4 Å². The zero-order valence-electron chi connectivity index (χ0n) is 10.9. The van der Waals surface area contributed by atoms with E-state index in [2.05, 4.69) is 4.72 Å².